The smallest absolute Gasteiger partial charge is 0.395 e. The van der Waals surface area contributed by atoms with Crippen molar-refractivity contribution in [1.82, 2.24) is 0 Å². The number of anilines is 1. The summed E-state index contributed by atoms with van der Waals surface area (Å²) in [7, 11) is -5.47. The normalized spacial score (nSPS) is 12.7. The van der Waals surface area contributed by atoms with E-state index >= 15 is 0 Å². The Balaban J connectivity index is 3.06. The molecule has 21 heavy (non-hydrogen) atoms. The van der Waals surface area contributed by atoms with Gasteiger partial charge in [0.25, 0.3) is 16.3 Å². The lowest BCUT2D eigenvalue weighted by molar-refractivity contribution is -0.0436. The van der Waals surface area contributed by atoms with Crippen molar-refractivity contribution >= 4 is 15.5 Å². The molecular formula is C11H12F5NO3S. The SMILES string of the molecule is O=S(=O)(c1ccc(N(CCO)CC(F)F)cc1)C(F)(F)F. The predicted molar refractivity (Wildman–Crippen MR) is 65.0 cm³/mol. The van der Waals surface area contributed by atoms with Gasteiger partial charge in [-0.15, -0.1) is 0 Å². The largest absolute Gasteiger partial charge is 0.501 e. The lowest BCUT2D eigenvalue weighted by atomic mass is 10.3. The summed E-state index contributed by atoms with van der Waals surface area (Å²) in [5.41, 5.74) is -5.34. The number of halogens is 5. The Morgan fingerprint density at radius 1 is 1.14 bits per heavy atom. The summed E-state index contributed by atoms with van der Waals surface area (Å²) >= 11 is 0. The van der Waals surface area contributed by atoms with E-state index in [-0.39, 0.29) is 12.2 Å². The molecule has 1 aromatic carbocycles. The van der Waals surface area contributed by atoms with E-state index < -0.39 is 39.8 Å². The number of aliphatic hydroxyl groups excluding tert-OH is 1. The molecule has 0 unspecified atom stereocenters. The van der Waals surface area contributed by atoms with E-state index in [1.807, 2.05) is 0 Å². The molecule has 0 heterocycles. The number of benzene rings is 1. The highest BCUT2D eigenvalue weighted by molar-refractivity contribution is 7.92. The first kappa shape index (κ1) is 17.6. The zero-order chi connectivity index (χ0) is 16.3. The van der Waals surface area contributed by atoms with Crippen LogP contribution in [0.25, 0.3) is 0 Å². The molecule has 0 aliphatic carbocycles. The molecule has 0 bridgehead atoms. The maximum absolute atomic E-state index is 12.4. The molecule has 4 nitrogen and oxygen atoms in total. The van der Waals surface area contributed by atoms with Gasteiger partial charge in [0, 0.05) is 12.2 Å². The van der Waals surface area contributed by atoms with Crippen molar-refractivity contribution < 1.29 is 35.5 Å². The van der Waals surface area contributed by atoms with E-state index in [0.717, 1.165) is 17.0 Å². The minimum absolute atomic E-state index is 0.0884. The van der Waals surface area contributed by atoms with Crippen molar-refractivity contribution in [1.29, 1.82) is 0 Å². The van der Waals surface area contributed by atoms with Crippen LogP contribution < -0.4 is 4.90 Å². The third-order valence-corrected chi connectivity index (χ3v) is 4.05. The zero-order valence-electron chi connectivity index (χ0n) is 10.5. The summed E-state index contributed by atoms with van der Waals surface area (Å²) in [6.07, 6.45) is -2.71. The van der Waals surface area contributed by atoms with Crippen molar-refractivity contribution in [2.45, 2.75) is 16.8 Å². The number of rotatable bonds is 6. The van der Waals surface area contributed by atoms with Gasteiger partial charge in [-0.1, -0.05) is 0 Å². The van der Waals surface area contributed by atoms with Crippen LogP contribution in [-0.2, 0) is 9.84 Å². The minimum Gasteiger partial charge on any atom is -0.395 e. The molecule has 0 aliphatic heterocycles. The molecule has 0 saturated heterocycles. The Kier molecular flexibility index (Phi) is 5.51. The summed E-state index contributed by atoms with van der Waals surface area (Å²) < 4.78 is 84.0. The second-order valence-corrected chi connectivity index (χ2v) is 5.94. The van der Waals surface area contributed by atoms with Gasteiger partial charge in [-0.3, -0.25) is 0 Å². The van der Waals surface area contributed by atoms with Crippen LogP contribution in [-0.4, -0.2) is 45.2 Å². The van der Waals surface area contributed by atoms with Gasteiger partial charge in [0.1, 0.15) is 0 Å². The van der Waals surface area contributed by atoms with Crippen LogP contribution in [0.5, 0.6) is 0 Å². The van der Waals surface area contributed by atoms with Crippen molar-refractivity contribution in [2.24, 2.45) is 0 Å². The van der Waals surface area contributed by atoms with Gasteiger partial charge in [0.05, 0.1) is 18.0 Å². The molecular weight excluding hydrogens is 321 g/mol. The van der Waals surface area contributed by atoms with Crippen molar-refractivity contribution in [3.05, 3.63) is 24.3 Å². The van der Waals surface area contributed by atoms with Crippen LogP contribution in [0.2, 0.25) is 0 Å². The van der Waals surface area contributed by atoms with Gasteiger partial charge in [0.2, 0.25) is 0 Å². The van der Waals surface area contributed by atoms with Crippen LogP contribution in [0.3, 0.4) is 0 Å². The fourth-order valence-electron chi connectivity index (χ4n) is 1.58. The van der Waals surface area contributed by atoms with E-state index in [4.69, 9.17) is 5.11 Å². The summed E-state index contributed by atoms with van der Waals surface area (Å²) in [4.78, 5) is 0.0639. The summed E-state index contributed by atoms with van der Waals surface area (Å²) in [6, 6.07) is 3.34. The van der Waals surface area contributed by atoms with Crippen LogP contribution >= 0.6 is 0 Å². The molecule has 1 N–H and O–H groups in total. The monoisotopic (exact) mass is 333 g/mol. The first-order valence-electron chi connectivity index (χ1n) is 5.65. The molecule has 0 atom stereocenters. The van der Waals surface area contributed by atoms with E-state index in [1.54, 1.807) is 0 Å². The Labute approximate surface area is 117 Å². The number of hydrogen-bond donors (Lipinski definition) is 1. The van der Waals surface area contributed by atoms with Gasteiger partial charge < -0.3 is 10.0 Å². The van der Waals surface area contributed by atoms with E-state index in [0.29, 0.717) is 12.1 Å². The highest BCUT2D eigenvalue weighted by Gasteiger charge is 2.46. The first-order chi connectivity index (χ1) is 9.59. The number of nitrogens with zero attached hydrogens (tertiary/aromatic N) is 1. The number of alkyl halides is 5. The Bertz CT molecular complexity index is 556. The van der Waals surface area contributed by atoms with Crippen LogP contribution in [0, 0.1) is 0 Å². The maximum Gasteiger partial charge on any atom is 0.501 e. The summed E-state index contributed by atoms with van der Waals surface area (Å²) in [6.45, 7) is -1.32. The van der Waals surface area contributed by atoms with E-state index in [2.05, 4.69) is 0 Å². The average Bonchev–Trinajstić information content (AvgIpc) is 2.36. The zero-order valence-corrected chi connectivity index (χ0v) is 11.3. The molecule has 0 fully saturated rings. The molecule has 120 valence electrons. The van der Waals surface area contributed by atoms with Gasteiger partial charge in [0.15, 0.2) is 0 Å². The average molecular weight is 333 g/mol. The van der Waals surface area contributed by atoms with Gasteiger partial charge in [-0.05, 0) is 24.3 Å². The molecule has 0 saturated carbocycles. The fraction of sp³-hybridized carbons (Fsp3) is 0.455. The van der Waals surface area contributed by atoms with Crippen LogP contribution in [0.4, 0.5) is 27.6 Å². The molecule has 0 aliphatic rings. The standard InChI is InChI=1S/C11H12F5NO3S/c12-10(13)7-17(5-6-18)8-1-3-9(4-2-8)21(19,20)11(14,15)16/h1-4,10,18H,5-7H2. The number of sulfone groups is 1. The second kappa shape index (κ2) is 6.56. The van der Waals surface area contributed by atoms with Crippen molar-refractivity contribution in [3.63, 3.8) is 0 Å². The van der Waals surface area contributed by atoms with Gasteiger partial charge in [-0.25, -0.2) is 17.2 Å². The van der Waals surface area contributed by atoms with Crippen LogP contribution in [0.15, 0.2) is 29.2 Å². The Morgan fingerprint density at radius 3 is 2.05 bits per heavy atom. The number of hydrogen-bond acceptors (Lipinski definition) is 4. The highest BCUT2D eigenvalue weighted by atomic mass is 32.2. The predicted octanol–water partition coefficient (Wildman–Crippen LogP) is 2.04. The minimum atomic E-state index is -5.47. The summed E-state index contributed by atoms with van der Waals surface area (Å²) in [5.74, 6) is 0. The molecule has 10 heteroatoms. The van der Waals surface area contributed by atoms with Gasteiger partial charge in [-0.2, -0.15) is 13.2 Å². The van der Waals surface area contributed by atoms with Gasteiger partial charge >= 0.3 is 5.51 Å². The lowest BCUT2D eigenvalue weighted by Gasteiger charge is -2.23. The molecule has 0 aromatic heterocycles. The fourth-order valence-corrected chi connectivity index (χ4v) is 2.34. The maximum atomic E-state index is 12.4. The Hall–Kier alpha value is -1.42. The van der Waals surface area contributed by atoms with E-state index in [9.17, 15) is 30.4 Å². The molecule has 0 radical (unpaired) electrons. The highest BCUT2D eigenvalue weighted by Crippen LogP contribution is 2.31. The lowest BCUT2D eigenvalue weighted by Crippen LogP contribution is -2.31. The van der Waals surface area contributed by atoms with E-state index in [1.165, 1.54) is 0 Å². The number of aliphatic hydroxyl groups is 1. The van der Waals surface area contributed by atoms with Crippen molar-refractivity contribution in [3.8, 4) is 0 Å². The quantitative estimate of drug-likeness (QED) is 0.810. The third kappa shape index (κ3) is 4.27. The summed E-state index contributed by atoms with van der Waals surface area (Å²) in [5, 5.41) is 8.77. The van der Waals surface area contributed by atoms with Crippen LogP contribution in [0.1, 0.15) is 0 Å². The molecule has 0 amide bonds. The first-order valence-corrected chi connectivity index (χ1v) is 7.13. The topological polar surface area (TPSA) is 57.6 Å². The second-order valence-electron chi connectivity index (χ2n) is 4.00. The molecule has 1 rings (SSSR count). The molecule has 0 spiro atoms. The molecule has 1 aromatic rings. The Morgan fingerprint density at radius 2 is 1.67 bits per heavy atom. The van der Waals surface area contributed by atoms with Crippen molar-refractivity contribution in [2.75, 3.05) is 24.6 Å². The third-order valence-electron chi connectivity index (χ3n) is 2.55.